The van der Waals surface area contributed by atoms with Crippen LogP contribution in [0.4, 0.5) is 0 Å². The number of thioether (sulfide) groups is 1. The lowest BCUT2D eigenvalue weighted by molar-refractivity contribution is -0.118. The molecule has 1 aromatic heterocycles. The molecule has 1 amide bonds. The number of methoxy groups -OCH3 is 2. The Hall–Kier alpha value is -4.31. The number of ether oxygens (including phenoxy) is 2. The third-order valence-electron chi connectivity index (χ3n) is 5.01. The molecular formula is C25H22N4O5S. The van der Waals surface area contributed by atoms with Gasteiger partial charge in [-0.1, -0.05) is 23.9 Å². The quantitative estimate of drug-likeness (QED) is 0.168. The maximum Gasteiger partial charge on any atom is 0.266 e. The highest BCUT2D eigenvalue weighted by atomic mass is 32.2. The van der Waals surface area contributed by atoms with Crippen molar-refractivity contribution in [1.82, 2.24) is 15.0 Å². The molecule has 35 heavy (non-hydrogen) atoms. The van der Waals surface area contributed by atoms with Gasteiger partial charge >= 0.3 is 0 Å². The van der Waals surface area contributed by atoms with E-state index in [1.807, 2.05) is 0 Å². The molecule has 0 aliphatic rings. The van der Waals surface area contributed by atoms with Crippen LogP contribution in [0.2, 0.25) is 0 Å². The summed E-state index contributed by atoms with van der Waals surface area (Å²) in [6, 6.07) is 18.8. The summed E-state index contributed by atoms with van der Waals surface area (Å²) in [5.74, 6) is 0.580. The van der Waals surface area contributed by atoms with Crippen LogP contribution in [0.15, 0.2) is 81.8 Å². The van der Waals surface area contributed by atoms with Gasteiger partial charge in [0.2, 0.25) is 0 Å². The number of para-hydroxylation sites is 1. The minimum absolute atomic E-state index is 0.0101. The number of rotatable bonds is 8. The van der Waals surface area contributed by atoms with Crippen LogP contribution >= 0.6 is 11.8 Å². The molecular weight excluding hydrogens is 468 g/mol. The van der Waals surface area contributed by atoms with Crippen LogP contribution < -0.4 is 20.5 Å². The lowest BCUT2D eigenvalue weighted by Gasteiger charge is -2.13. The minimum Gasteiger partial charge on any atom is -0.504 e. The van der Waals surface area contributed by atoms with Crippen molar-refractivity contribution in [3.63, 3.8) is 0 Å². The number of nitrogens with zero attached hydrogens (tertiary/aromatic N) is 3. The van der Waals surface area contributed by atoms with Gasteiger partial charge in [0.25, 0.3) is 11.5 Å². The predicted octanol–water partition coefficient (Wildman–Crippen LogP) is 3.35. The minimum atomic E-state index is -0.374. The fraction of sp³-hybridized carbons (Fsp3) is 0.120. The predicted molar refractivity (Wildman–Crippen MR) is 135 cm³/mol. The van der Waals surface area contributed by atoms with E-state index in [2.05, 4.69) is 15.5 Å². The largest absolute Gasteiger partial charge is 0.504 e. The number of fused-ring (bicyclic) bond motifs is 1. The van der Waals surface area contributed by atoms with E-state index in [4.69, 9.17) is 9.47 Å². The molecule has 0 saturated heterocycles. The standard InChI is InChI=1S/C25H22N4O5S/c1-33-18-10-8-17(9-11-18)29-24(32)19-5-3-4-6-20(19)27-25(29)35-15-23(31)28-26-14-16-7-12-21(30)22(13-16)34-2/h3-14,30H,15H2,1-2H3,(H,28,31). The molecule has 1 heterocycles. The van der Waals surface area contributed by atoms with Crippen molar-refractivity contribution in [1.29, 1.82) is 0 Å². The number of carbonyl (C=O) groups excluding carboxylic acids is 1. The second kappa shape index (κ2) is 10.7. The van der Waals surface area contributed by atoms with E-state index in [0.717, 1.165) is 11.8 Å². The topological polar surface area (TPSA) is 115 Å². The number of benzene rings is 3. The smallest absolute Gasteiger partial charge is 0.266 e. The van der Waals surface area contributed by atoms with Gasteiger partial charge in [0.1, 0.15) is 5.75 Å². The first kappa shape index (κ1) is 23.8. The number of nitrogens with one attached hydrogen (secondary N) is 1. The zero-order valence-electron chi connectivity index (χ0n) is 19.0. The summed E-state index contributed by atoms with van der Waals surface area (Å²) in [6.07, 6.45) is 1.44. The molecule has 0 aliphatic heterocycles. The monoisotopic (exact) mass is 490 g/mol. The summed E-state index contributed by atoms with van der Waals surface area (Å²) in [7, 11) is 3.01. The van der Waals surface area contributed by atoms with E-state index in [-0.39, 0.29) is 23.0 Å². The zero-order chi connectivity index (χ0) is 24.8. The van der Waals surface area contributed by atoms with Crippen LogP contribution in [0.25, 0.3) is 16.6 Å². The highest BCUT2D eigenvalue weighted by molar-refractivity contribution is 7.99. The number of phenolic OH excluding ortho intramolecular Hbond substituents is 1. The molecule has 0 spiro atoms. The van der Waals surface area contributed by atoms with E-state index in [1.54, 1.807) is 67.8 Å². The number of hydrazone groups is 1. The third kappa shape index (κ3) is 5.44. The van der Waals surface area contributed by atoms with E-state index in [0.29, 0.717) is 38.8 Å². The number of phenols is 1. The Bertz CT molecular complexity index is 1450. The molecule has 0 saturated carbocycles. The number of aromatic nitrogens is 2. The van der Waals surface area contributed by atoms with Crippen molar-refractivity contribution >= 4 is 34.8 Å². The maximum absolute atomic E-state index is 13.3. The Morgan fingerprint density at radius 1 is 1.11 bits per heavy atom. The van der Waals surface area contributed by atoms with Crippen LogP contribution in [0.3, 0.4) is 0 Å². The van der Waals surface area contributed by atoms with Gasteiger partial charge in [-0.15, -0.1) is 0 Å². The summed E-state index contributed by atoms with van der Waals surface area (Å²) in [4.78, 5) is 30.3. The van der Waals surface area contributed by atoms with Crippen LogP contribution in [0.1, 0.15) is 5.56 Å². The average Bonchev–Trinajstić information content (AvgIpc) is 2.88. The van der Waals surface area contributed by atoms with Crippen molar-refractivity contribution < 1.29 is 19.4 Å². The fourth-order valence-electron chi connectivity index (χ4n) is 3.28. The number of hydrogen-bond donors (Lipinski definition) is 2. The molecule has 9 nitrogen and oxygen atoms in total. The highest BCUT2D eigenvalue weighted by Gasteiger charge is 2.15. The number of aromatic hydroxyl groups is 1. The lowest BCUT2D eigenvalue weighted by atomic mass is 10.2. The van der Waals surface area contributed by atoms with Crippen molar-refractivity contribution in [2.24, 2.45) is 5.10 Å². The Morgan fingerprint density at radius 3 is 2.63 bits per heavy atom. The van der Waals surface area contributed by atoms with E-state index in [1.165, 1.54) is 24.0 Å². The Morgan fingerprint density at radius 2 is 1.89 bits per heavy atom. The van der Waals surface area contributed by atoms with Crippen LogP contribution in [-0.2, 0) is 4.79 Å². The summed E-state index contributed by atoms with van der Waals surface area (Å²) in [6.45, 7) is 0. The first-order chi connectivity index (χ1) is 17.0. The summed E-state index contributed by atoms with van der Waals surface area (Å²) in [5, 5.41) is 14.5. The normalized spacial score (nSPS) is 11.0. The second-order valence-electron chi connectivity index (χ2n) is 7.26. The number of amides is 1. The van der Waals surface area contributed by atoms with Crippen molar-refractivity contribution in [3.8, 4) is 22.9 Å². The summed E-state index contributed by atoms with van der Waals surface area (Å²) in [5.41, 5.74) is 4.01. The van der Waals surface area contributed by atoms with E-state index in [9.17, 15) is 14.7 Å². The maximum atomic E-state index is 13.3. The van der Waals surface area contributed by atoms with Crippen molar-refractivity contribution in [2.75, 3.05) is 20.0 Å². The van der Waals surface area contributed by atoms with Gasteiger partial charge in [0.05, 0.1) is 42.8 Å². The Kier molecular flexibility index (Phi) is 7.32. The van der Waals surface area contributed by atoms with Crippen LogP contribution in [0.5, 0.6) is 17.2 Å². The van der Waals surface area contributed by atoms with Gasteiger partial charge in [-0.25, -0.2) is 10.4 Å². The molecule has 2 N–H and O–H groups in total. The molecule has 178 valence electrons. The van der Waals surface area contributed by atoms with Gasteiger partial charge in [-0.2, -0.15) is 5.10 Å². The molecule has 3 aromatic carbocycles. The highest BCUT2D eigenvalue weighted by Crippen LogP contribution is 2.25. The van der Waals surface area contributed by atoms with E-state index >= 15 is 0 Å². The molecule has 0 aliphatic carbocycles. The van der Waals surface area contributed by atoms with Gasteiger partial charge in [-0.3, -0.25) is 14.2 Å². The zero-order valence-corrected chi connectivity index (χ0v) is 19.8. The second-order valence-corrected chi connectivity index (χ2v) is 8.21. The SMILES string of the molecule is COc1ccc(-n2c(SCC(=O)NN=Cc3ccc(O)c(OC)c3)nc3ccccc3c2=O)cc1. The average molecular weight is 491 g/mol. The molecule has 0 unspecified atom stereocenters. The van der Waals surface area contributed by atoms with E-state index < -0.39 is 0 Å². The van der Waals surface area contributed by atoms with Gasteiger partial charge in [0, 0.05) is 0 Å². The fourth-order valence-corrected chi connectivity index (χ4v) is 4.09. The molecule has 0 atom stereocenters. The molecule has 4 aromatic rings. The molecule has 10 heteroatoms. The van der Waals surface area contributed by atoms with Crippen molar-refractivity contribution in [2.45, 2.75) is 5.16 Å². The Labute approximate surface area is 205 Å². The van der Waals surface area contributed by atoms with Crippen LogP contribution in [0, 0.1) is 0 Å². The molecule has 0 fully saturated rings. The first-order valence-electron chi connectivity index (χ1n) is 10.5. The van der Waals surface area contributed by atoms with Crippen LogP contribution in [-0.4, -0.2) is 46.8 Å². The first-order valence-corrected chi connectivity index (χ1v) is 11.5. The number of carbonyl (C=O) groups is 1. The molecule has 0 radical (unpaired) electrons. The molecule has 4 rings (SSSR count). The summed E-state index contributed by atoms with van der Waals surface area (Å²) < 4.78 is 11.7. The van der Waals surface area contributed by atoms with Gasteiger partial charge in [-0.05, 0) is 60.2 Å². The lowest BCUT2D eigenvalue weighted by Crippen LogP contribution is -2.24. The van der Waals surface area contributed by atoms with Crippen molar-refractivity contribution in [3.05, 3.63) is 82.6 Å². The summed E-state index contributed by atoms with van der Waals surface area (Å²) >= 11 is 1.12. The van der Waals surface area contributed by atoms with Gasteiger partial charge < -0.3 is 14.6 Å². The van der Waals surface area contributed by atoms with Gasteiger partial charge in [0.15, 0.2) is 16.7 Å². The molecule has 0 bridgehead atoms. The number of hydrogen-bond acceptors (Lipinski definition) is 8. The third-order valence-corrected chi connectivity index (χ3v) is 5.95. The Balaban J connectivity index is 1.54.